The first-order valence-electron chi connectivity index (χ1n) is 3.50. The summed E-state index contributed by atoms with van der Waals surface area (Å²) in [4.78, 5) is 14.1. The Labute approximate surface area is 79.5 Å². The summed E-state index contributed by atoms with van der Waals surface area (Å²) in [7, 11) is 1.27. The molecule has 0 spiro atoms. The van der Waals surface area contributed by atoms with E-state index in [1.165, 1.54) is 13.2 Å². The van der Waals surface area contributed by atoms with Crippen molar-refractivity contribution in [3.05, 3.63) is 28.8 Å². The minimum absolute atomic E-state index is 0.00431. The third-order valence-electron chi connectivity index (χ3n) is 1.40. The van der Waals surface area contributed by atoms with E-state index in [-0.39, 0.29) is 11.6 Å². The number of nitrogens with zero attached hydrogens (tertiary/aromatic N) is 1. The van der Waals surface area contributed by atoms with Crippen LogP contribution in [0.1, 0.15) is 5.56 Å². The second-order valence-electron chi connectivity index (χ2n) is 2.37. The second-order valence-corrected chi connectivity index (χ2v) is 2.76. The SMILES string of the molecule is COC(=O)Cc1cc(F)nc(Cl)c1. The van der Waals surface area contributed by atoms with Crippen LogP contribution < -0.4 is 0 Å². The van der Waals surface area contributed by atoms with Crippen LogP contribution in [-0.2, 0) is 16.0 Å². The van der Waals surface area contributed by atoms with Crippen LogP contribution in [0.4, 0.5) is 4.39 Å². The van der Waals surface area contributed by atoms with E-state index in [9.17, 15) is 9.18 Å². The molecular formula is C8H7ClFNO2. The van der Waals surface area contributed by atoms with Crippen LogP contribution in [-0.4, -0.2) is 18.1 Å². The first-order valence-corrected chi connectivity index (χ1v) is 3.88. The van der Waals surface area contributed by atoms with Gasteiger partial charge in [0, 0.05) is 0 Å². The summed E-state index contributed by atoms with van der Waals surface area (Å²) in [6.45, 7) is 0. The first-order chi connectivity index (χ1) is 6.11. The maximum absolute atomic E-state index is 12.6. The van der Waals surface area contributed by atoms with Crippen molar-refractivity contribution in [1.29, 1.82) is 0 Å². The van der Waals surface area contributed by atoms with Crippen molar-refractivity contribution in [1.82, 2.24) is 4.98 Å². The summed E-state index contributed by atoms with van der Waals surface area (Å²) in [5.74, 6) is -1.15. The average molecular weight is 204 g/mol. The molecule has 70 valence electrons. The van der Waals surface area contributed by atoms with Gasteiger partial charge >= 0.3 is 5.97 Å². The van der Waals surface area contributed by atoms with Gasteiger partial charge in [0.2, 0.25) is 5.95 Å². The molecule has 5 heteroatoms. The third kappa shape index (κ3) is 2.99. The molecule has 13 heavy (non-hydrogen) atoms. The molecule has 0 aromatic carbocycles. The number of ether oxygens (including phenoxy) is 1. The number of halogens is 2. The Morgan fingerprint density at radius 2 is 2.38 bits per heavy atom. The summed E-state index contributed by atoms with van der Waals surface area (Å²) < 4.78 is 17.0. The molecule has 0 N–H and O–H groups in total. The zero-order valence-electron chi connectivity index (χ0n) is 6.88. The maximum Gasteiger partial charge on any atom is 0.309 e. The van der Waals surface area contributed by atoms with Crippen LogP contribution in [0, 0.1) is 5.95 Å². The second kappa shape index (κ2) is 4.18. The highest BCUT2D eigenvalue weighted by Gasteiger charge is 2.05. The van der Waals surface area contributed by atoms with Crippen LogP contribution in [0.15, 0.2) is 12.1 Å². The molecule has 0 saturated heterocycles. The van der Waals surface area contributed by atoms with Crippen molar-refractivity contribution < 1.29 is 13.9 Å². The molecule has 1 aromatic heterocycles. The van der Waals surface area contributed by atoms with E-state index >= 15 is 0 Å². The Morgan fingerprint density at radius 1 is 1.69 bits per heavy atom. The highest BCUT2D eigenvalue weighted by Crippen LogP contribution is 2.10. The van der Waals surface area contributed by atoms with Crippen molar-refractivity contribution in [3.8, 4) is 0 Å². The number of pyridine rings is 1. The molecule has 0 radical (unpaired) electrons. The molecule has 0 bridgehead atoms. The lowest BCUT2D eigenvalue weighted by Crippen LogP contribution is -2.05. The molecule has 0 atom stereocenters. The average Bonchev–Trinajstić information content (AvgIpc) is 2.02. The highest BCUT2D eigenvalue weighted by molar-refractivity contribution is 6.29. The molecular weight excluding hydrogens is 197 g/mol. The maximum atomic E-state index is 12.6. The fourth-order valence-electron chi connectivity index (χ4n) is 0.855. The fraction of sp³-hybridized carbons (Fsp3) is 0.250. The summed E-state index contributed by atoms with van der Waals surface area (Å²) in [5, 5.41) is 0.0268. The predicted octanol–water partition coefficient (Wildman–Crippen LogP) is 1.59. The Kier molecular flexibility index (Phi) is 3.19. The van der Waals surface area contributed by atoms with Gasteiger partial charge in [0.1, 0.15) is 5.15 Å². The minimum Gasteiger partial charge on any atom is -0.469 e. The number of aromatic nitrogens is 1. The number of rotatable bonds is 2. The molecule has 0 aliphatic heterocycles. The van der Waals surface area contributed by atoms with Crippen molar-refractivity contribution in [2.45, 2.75) is 6.42 Å². The number of hydrogen-bond donors (Lipinski definition) is 0. The summed E-state index contributed by atoms with van der Waals surface area (Å²) >= 11 is 5.47. The van der Waals surface area contributed by atoms with E-state index in [4.69, 9.17) is 11.6 Å². The van der Waals surface area contributed by atoms with Crippen molar-refractivity contribution in [2.75, 3.05) is 7.11 Å². The van der Waals surface area contributed by atoms with Crippen LogP contribution in [0.25, 0.3) is 0 Å². The van der Waals surface area contributed by atoms with Gasteiger partial charge in [-0.15, -0.1) is 0 Å². The Bertz CT molecular complexity index is 310. The lowest BCUT2D eigenvalue weighted by Gasteiger charge is -2.00. The van der Waals surface area contributed by atoms with E-state index in [0.717, 1.165) is 6.07 Å². The van der Waals surface area contributed by atoms with Gasteiger partial charge in [0.15, 0.2) is 0 Å². The van der Waals surface area contributed by atoms with Crippen LogP contribution in [0.3, 0.4) is 0 Å². The van der Waals surface area contributed by atoms with Crippen molar-refractivity contribution >= 4 is 17.6 Å². The summed E-state index contributed by atoms with van der Waals surface area (Å²) in [5.41, 5.74) is 0.448. The monoisotopic (exact) mass is 203 g/mol. The number of carbonyl (C=O) groups is 1. The topological polar surface area (TPSA) is 39.2 Å². The van der Waals surface area contributed by atoms with Crippen LogP contribution in [0.5, 0.6) is 0 Å². The van der Waals surface area contributed by atoms with Gasteiger partial charge in [-0.3, -0.25) is 4.79 Å². The van der Waals surface area contributed by atoms with Crippen molar-refractivity contribution in [2.24, 2.45) is 0 Å². The van der Waals surface area contributed by atoms with Crippen LogP contribution in [0.2, 0.25) is 5.15 Å². The molecule has 0 aliphatic carbocycles. The molecule has 0 amide bonds. The molecule has 1 rings (SSSR count). The highest BCUT2D eigenvalue weighted by atomic mass is 35.5. The lowest BCUT2D eigenvalue weighted by atomic mass is 10.2. The van der Waals surface area contributed by atoms with E-state index in [0.29, 0.717) is 5.56 Å². The van der Waals surface area contributed by atoms with E-state index in [1.54, 1.807) is 0 Å². The third-order valence-corrected chi connectivity index (χ3v) is 1.59. The van der Waals surface area contributed by atoms with Gasteiger partial charge in [0.25, 0.3) is 0 Å². The Hall–Kier alpha value is -1.16. The number of carbonyl (C=O) groups excluding carboxylic acids is 1. The van der Waals surface area contributed by atoms with E-state index in [2.05, 4.69) is 9.72 Å². The normalized spacial score (nSPS) is 9.77. The first kappa shape index (κ1) is 9.92. The van der Waals surface area contributed by atoms with Gasteiger partial charge in [0.05, 0.1) is 13.5 Å². The molecule has 0 unspecified atom stereocenters. The number of methoxy groups -OCH3 is 1. The zero-order chi connectivity index (χ0) is 9.84. The summed E-state index contributed by atoms with van der Waals surface area (Å²) in [6.07, 6.45) is -0.00431. The Morgan fingerprint density at radius 3 is 2.92 bits per heavy atom. The Balaban J connectivity index is 2.83. The van der Waals surface area contributed by atoms with Crippen LogP contribution >= 0.6 is 11.6 Å². The molecule has 0 fully saturated rings. The van der Waals surface area contributed by atoms with Gasteiger partial charge in [-0.1, -0.05) is 11.6 Å². The van der Waals surface area contributed by atoms with Gasteiger partial charge in [-0.25, -0.2) is 4.98 Å². The lowest BCUT2D eigenvalue weighted by molar-refractivity contribution is -0.139. The van der Waals surface area contributed by atoms with Gasteiger partial charge in [-0.05, 0) is 17.7 Å². The fourth-order valence-corrected chi connectivity index (χ4v) is 1.08. The quantitative estimate of drug-likeness (QED) is 0.541. The standard InChI is InChI=1S/C8H7ClFNO2/c1-13-8(12)4-5-2-6(9)11-7(10)3-5/h2-3H,4H2,1H3. The van der Waals surface area contributed by atoms with Gasteiger partial charge in [-0.2, -0.15) is 4.39 Å². The van der Waals surface area contributed by atoms with E-state index < -0.39 is 11.9 Å². The smallest absolute Gasteiger partial charge is 0.309 e. The molecule has 0 aliphatic rings. The minimum atomic E-state index is -0.702. The van der Waals surface area contributed by atoms with E-state index in [1.807, 2.05) is 0 Å². The molecule has 0 saturated carbocycles. The molecule has 1 aromatic rings. The largest absolute Gasteiger partial charge is 0.469 e. The number of esters is 1. The summed E-state index contributed by atoms with van der Waals surface area (Å²) in [6, 6.07) is 2.56. The van der Waals surface area contributed by atoms with Gasteiger partial charge < -0.3 is 4.74 Å². The van der Waals surface area contributed by atoms with Crippen molar-refractivity contribution in [3.63, 3.8) is 0 Å². The molecule has 1 heterocycles. The molecule has 3 nitrogen and oxygen atoms in total. The number of hydrogen-bond acceptors (Lipinski definition) is 3. The predicted molar refractivity (Wildman–Crippen MR) is 44.9 cm³/mol. The zero-order valence-corrected chi connectivity index (χ0v) is 7.64.